The normalized spacial score (nSPS) is 25.1. The minimum absolute atomic E-state index is 0.000460. The molecule has 114 heavy (non-hydrogen) atoms. The zero-order chi connectivity index (χ0) is 80.3. The van der Waals surface area contributed by atoms with Gasteiger partial charge in [0.15, 0.2) is 18.1 Å². The van der Waals surface area contributed by atoms with Gasteiger partial charge in [0.05, 0.1) is 48.8 Å². The maximum Gasteiger partial charge on any atom is 0.417 e. The van der Waals surface area contributed by atoms with E-state index in [1.165, 1.54) is 48.5 Å². The molecule has 0 spiro atoms. The number of pyridine rings is 1. The van der Waals surface area contributed by atoms with Gasteiger partial charge in [-0.15, -0.1) is 70.7 Å². The van der Waals surface area contributed by atoms with Crippen LogP contribution in [0.25, 0.3) is 49.3 Å². The summed E-state index contributed by atoms with van der Waals surface area (Å²) in [5, 5.41) is 57.7. The van der Waals surface area contributed by atoms with E-state index in [0.717, 1.165) is 134 Å². The third-order valence-electron chi connectivity index (χ3n) is 20.9. The Balaban J connectivity index is 0.930. The molecule has 15 rings (SSSR count). The summed E-state index contributed by atoms with van der Waals surface area (Å²) >= 11 is 4.89. The monoisotopic (exact) mass is 1680 g/mol. The first kappa shape index (κ1) is 80.0. The van der Waals surface area contributed by atoms with Crippen LogP contribution in [0.5, 0.6) is 5.75 Å². The van der Waals surface area contributed by atoms with Crippen molar-refractivity contribution in [3.8, 4) is 38.4 Å². The van der Waals surface area contributed by atoms with E-state index in [0.29, 0.717) is 10.3 Å². The van der Waals surface area contributed by atoms with Crippen molar-refractivity contribution in [2.24, 2.45) is 5.73 Å². The zero-order valence-electron chi connectivity index (χ0n) is 62.9. The molecule has 14 heterocycles. The van der Waals surface area contributed by atoms with Crippen LogP contribution in [0.1, 0.15) is 163 Å². The largest absolute Gasteiger partial charge is 0.499 e. The summed E-state index contributed by atoms with van der Waals surface area (Å²) in [6.07, 6.45) is -2.05. The molecule has 10 unspecified atom stereocenters. The molecule has 6 amide bonds. The van der Waals surface area contributed by atoms with Crippen molar-refractivity contribution in [2.45, 2.75) is 146 Å². The summed E-state index contributed by atoms with van der Waals surface area (Å²) in [7, 11) is 1.89. The third kappa shape index (κ3) is 15.5. The van der Waals surface area contributed by atoms with Gasteiger partial charge in [0.1, 0.15) is 114 Å². The highest BCUT2D eigenvalue weighted by molar-refractivity contribution is 7.64. The second kappa shape index (κ2) is 32.8. The first-order chi connectivity index (χ1) is 54.7. The molecule has 0 radical (unpaired) electrons. The number of aromatic nitrogens is 7. The summed E-state index contributed by atoms with van der Waals surface area (Å²) in [5.74, 6) is -7.26. The molecule has 10 atom stereocenters. The number of nitrogens with zero attached hydrogens (tertiary/aromatic N) is 11. The van der Waals surface area contributed by atoms with Crippen molar-refractivity contribution in [1.29, 1.82) is 0 Å². The van der Waals surface area contributed by atoms with E-state index in [-0.39, 0.29) is 116 Å². The number of thiazole rings is 5. The first-order valence-corrected chi connectivity index (χ1v) is 42.8. The maximum absolute atomic E-state index is 15.4. The van der Waals surface area contributed by atoms with Crippen LogP contribution in [-0.2, 0) is 56.0 Å². The van der Waals surface area contributed by atoms with Crippen LogP contribution >= 0.6 is 64.6 Å². The Labute approximate surface area is 672 Å². The smallest absolute Gasteiger partial charge is 0.417 e. The van der Waals surface area contributed by atoms with Crippen LogP contribution in [0, 0.1) is 0 Å². The first-order valence-electron chi connectivity index (χ1n) is 36.8. The number of hydrogen-bond donors (Lipinski definition) is 9. The molecular formula is C73H83N17O18PS5+. The number of allylic oxidation sites excluding steroid dienone is 1. The molecule has 0 saturated carbocycles. The van der Waals surface area contributed by atoms with Crippen molar-refractivity contribution in [3.05, 3.63) is 124 Å². The van der Waals surface area contributed by atoms with Gasteiger partial charge in [-0.05, 0) is 91.9 Å². The topological polar surface area (TPSA) is 443 Å². The van der Waals surface area contributed by atoms with Crippen molar-refractivity contribution in [2.75, 3.05) is 67.1 Å². The molecule has 4 fully saturated rings. The lowest BCUT2D eigenvalue weighted by Crippen LogP contribution is -2.62. The Hall–Kier alpha value is -9.23. The van der Waals surface area contributed by atoms with Crippen molar-refractivity contribution in [1.82, 2.24) is 80.1 Å². The number of primary amides is 1. The lowest BCUT2D eigenvalue weighted by Gasteiger charge is -2.48. The zero-order valence-corrected chi connectivity index (χ0v) is 67.8. The van der Waals surface area contributed by atoms with Gasteiger partial charge in [-0.2, -0.15) is 4.73 Å². The maximum atomic E-state index is 15.4. The number of rotatable bonds is 14. The molecule has 10 N–H and O–H groups in total. The van der Waals surface area contributed by atoms with Gasteiger partial charge in [-0.1, -0.05) is 18.7 Å². The number of nitrogens with two attached hydrogens (primary N) is 1. The fourth-order valence-corrected chi connectivity index (χ4v) is 23.9. The lowest BCUT2D eigenvalue weighted by molar-refractivity contribution is -0.280. The van der Waals surface area contributed by atoms with Crippen molar-refractivity contribution in [3.63, 3.8) is 0 Å². The molecule has 8 aromatic rings. The molecule has 4 saturated heterocycles. The van der Waals surface area contributed by atoms with Crippen LogP contribution in [0.2, 0.25) is 0 Å². The Morgan fingerprint density at radius 3 is 2.05 bits per heavy atom. The van der Waals surface area contributed by atoms with Crippen LogP contribution in [-0.4, -0.2) is 232 Å². The van der Waals surface area contributed by atoms with E-state index in [1.807, 2.05) is 0 Å². The number of methoxy groups -OCH3 is 1. The van der Waals surface area contributed by atoms with Crippen molar-refractivity contribution < 1.29 is 86.7 Å². The number of carbonyl (C=O) groups excluding carboxylic acids is 8. The van der Waals surface area contributed by atoms with Gasteiger partial charge in [0, 0.05) is 95.2 Å². The van der Waals surface area contributed by atoms with E-state index in [1.54, 1.807) is 56.4 Å². The number of cyclic esters (lactones) is 2. The summed E-state index contributed by atoms with van der Waals surface area (Å²) in [4.78, 5) is 149. The highest BCUT2D eigenvalue weighted by Crippen LogP contribution is 2.71. The van der Waals surface area contributed by atoms with Crippen LogP contribution in [0.4, 0.5) is 0 Å². The standard InChI is InChI=1S/C73H82N17O18PS5/c1-34(60(74)92)75-61(93)43-31-113-69(80-43)54-48(108-109(87-18-9-10-19-87,88-20-11-12-21-88)89-22-13-14-23-89)24-39-53(82-54)42-29-111-67(77-42)41-28-105-71(98)56-40-27-103-57(58(107-49-25-73(5,100)59(86(6)7)37(4)106-49)72(99)104-26-38-16-15-17-47(50(38)40)90(56)101)55(70-81-44(32-114-70)62(94)76-41)85-64(96)46-33-112-68(79-46)52(36(3)102-8)84-65(97)51(35(2)91)83-63(95)45-30-110-66(39)78-45/h15-17,24,29-33,35,37,41,49,51,55,57-59,91,100-101H,1,9-14,18-23,25-28H2,2-8H3,(H6-,74,75,76,83,84,85,92,93,94,95,96,97)/p+1/b52-36-. The average Bonchev–Trinajstić information content (AvgIpc) is 1.50. The van der Waals surface area contributed by atoms with E-state index in [4.69, 9.17) is 63.6 Å². The molecular weight excluding hydrogens is 1590 g/mol. The van der Waals surface area contributed by atoms with E-state index in [2.05, 4.69) is 52.2 Å². The second-order valence-corrected chi connectivity index (χ2v) is 36.2. The van der Waals surface area contributed by atoms with Gasteiger partial charge >= 0.3 is 19.9 Å². The number of aliphatic hydroxyl groups excluding tert-OH is 1. The number of amides is 6. The number of benzene rings is 1. The number of carbonyl (C=O) groups is 8. The minimum atomic E-state index is -3.01. The summed E-state index contributed by atoms with van der Waals surface area (Å²) in [5.41, 5.74) is 3.32. The Morgan fingerprint density at radius 1 is 0.781 bits per heavy atom. The van der Waals surface area contributed by atoms with Crippen LogP contribution in [0.3, 0.4) is 0 Å². The van der Waals surface area contributed by atoms with E-state index < -0.39 is 141 Å². The van der Waals surface area contributed by atoms with Gasteiger partial charge < -0.3 is 81.1 Å². The number of hydrogen-bond acceptors (Lipinski definition) is 33. The Kier molecular flexibility index (Phi) is 23.0. The number of nitrogens with one attached hydrogen (secondary N) is 5. The number of ether oxygens (including phenoxy) is 6. The van der Waals surface area contributed by atoms with Gasteiger partial charge in [0.25, 0.3) is 29.5 Å². The number of esters is 2. The highest BCUT2D eigenvalue weighted by atomic mass is 32.1. The lowest BCUT2D eigenvalue weighted by atomic mass is 9.85. The summed E-state index contributed by atoms with van der Waals surface area (Å²) < 4.78 is 54.1. The SMILES string of the molecule is C=C(NC(=O)c1csc(-c2nc3c(cc2O[P+](N2CCCC2)(N2CCCC2)N2CCCC2)-c2nc(cs2)C(=O)NC(C(C)O)C(=O)N/C(=C(/C)OC)c2nc(cs2)C(=O)NC2c4nc(cs4)C(=O)NC(COC(=O)c4c5c6c(cccc6n4O)COC(=O)C(OC4CC(C)(O)C(N(C)C)C(C)O4)C2OC5)c2nc-3cs2)n1)C(N)=O. The molecule has 602 valence electrons. The second-order valence-electron chi connectivity index (χ2n) is 28.9. The van der Waals surface area contributed by atoms with Gasteiger partial charge in [0.2, 0.25) is 11.7 Å². The van der Waals surface area contributed by atoms with Gasteiger partial charge in [-0.3, -0.25) is 33.3 Å². The fraction of sp³-hybridized carbons (Fsp3) is 0.452. The molecule has 12 bridgehead atoms. The molecule has 0 aliphatic carbocycles. The predicted octanol–water partition coefficient (Wildman–Crippen LogP) is 6.53. The van der Waals surface area contributed by atoms with Crippen LogP contribution in [0.15, 0.2) is 69.2 Å². The minimum Gasteiger partial charge on any atom is -0.499 e. The molecule has 1 aromatic carbocycles. The Morgan fingerprint density at radius 2 is 1.39 bits per heavy atom. The highest BCUT2D eigenvalue weighted by Gasteiger charge is 2.63. The van der Waals surface area contributed by atoms with Gasteiger partial charge in [-0.25, -0.2) is 39.5 Å². The fourth-order valence-electron chi connectivity index (χ4n) is 15.5. The summed E-state index contributed by atoms with van der Waals surface area (Å²) in [6, 6.07) is 1.22. The third-order valence-corrected chi connectivity index (χ3v) is 29.2. The van der Waals surface area contributed by atoms with E-state index >= 15 is 19.2 Å². The summed E-state index contributed by atoms with van der Waals surface area (Å²) in [6.45, 7) is 12.4. The Bertz CT molecular complexity index is 5110. The quantitative estimate of drug-likeness (QED) is 0.0184. The average molecular weight is 1680 g/mol. The van der Waals surface area contributed by atoms with Crippen molar-refractivity contribution >= 4 is 129 Å². The molecule has 35 nitrogen and oxygen atoms in total. The van der Waals surface area contributed by atoms with E-state index in [9.17, 15) is 34.6 Å². The number of aliphatic hydroxyl groups is 2. The van der Waals surface area contributed by atoms with Crippen LogP contribution < -0.4 is 36.8 Å². The molecule has 7 aromatic heterocycles. The number of fused-ring (bicyclic) bond motifs is 15. The molecule has 41 heteroatoms. The molecule has 7 aliphatic heterocycles. The molecule has 7 aliphatic rings. The number of likely N-dealkylation sites (N-methyl/N-ethyl adjacent to an activating group) is 1. The predicted molar refractivity (Wildman–Crippen MR) is 418 cm³/mol.